The molecule has 2 heterocycles. The minimum absolute atomic E-state index is 0.0223. The lowest BCUT2D eigenvalue weighted by molar-refractivity contribution is 0.0262. The Labute approximate surface area is 163 Å². The molecule has 28 heavy (non-hydrogen) atoms. The predicted octanol–water partition coefficient (Wildman–Crippen LogP) is 2.42. The maximum absolute atomic E-state index is 13.0. The summed E-state index contributed by atoms with van der Waals surface area (Å²) in [6, 6.07) is 13.3. The molecule has 1 amide bonds. The summed E-state index contributed by atoms with van der Waals surface area (Å²) in [4.78, 5) is 22.5. The van der Waals surface area contributed by atoms with Crippen LogP contribution in [-0.4, -0.2) is 45.1 Å². The second-order valence-corrected chi connectivity index (χ2v) is 8.06. The van der Waals surface area contributed by atoms with E-state index < -0.39 is 6.10 Å². The maximum Gasteiger partial charge on any atom is 0.253 e. The number of aromatic amines is 1. The van der Waals surface area contributed by atoms with Crippen LogP contribution in [0.15, 0.2) is 42.5 Å². The highest BCUT2D eigenvalue weighted by atomic mass is 16.3. The number of amides is 1. The first-order valence-corrected chi connectivity index (χ1v) is 9.78. The smallest absolute Gasteiger partial charge is 0.253 e. The maximum atomic E-state index is 13.0. The minimum Gasteiger partial charge on any atom is -0.390 e. The number of fused-ring (bicyclic) bond motifs is 3. The number of carbonyl (C=O) groups excluding carboxylic acids is 1. The van der Waals surface area contributed by atoms with Crippen LogP contribution >= 0.6 is 0 Å². The molecule has 0 radical (unpaired) electrons. The molecule has 144 valence electrons. The largest absolute Gasteiger partial charge is 0.390 e. The van der Waals surface area contributed by atoms with Crippen molar-refractivity contribution in [3.63, 3.8) is 0 Å². The SMILES string of the molecule is Cc1nc2ccc(C(=O)N3CCC4(CC3)c3ccccc3[C@@H](N)[C@@H]4O)cc2[nH]1. The van der Waals surface area contributed by atoms with Crippen molar-refractivity contribution in [3.8, 4) is 0 Å². The number of nitrogens with two attached hydrogens (primary N) is 1. The third-order valence-corrected chi connectivity index (χ3v) is 6.55. The van der Waals surface area contributed by atoms with Crippen LogP contribution in [0.2, 0.25) is 0 Å². The van der Waals surface area contributed by atoms with Gasteiger partial charge in [-0.15, -0.1) is 0 Å². The number of aliphatic hydroxyl groups is 1. The van der Waals surface area contributed by atoms with Crippen molar-refractivity contribution in [2.75, 3.05) is 13.1 Å². The van der Waals surface area contributed by atoms with Crippen molar-refractivity contribution in [1.29, 1.82) is 0 Å². The molecule has 2 aliphatic rings. The Bertz CT molecular complexity index is 1070. The number of hydrogen-bond donors (Lipinski definition) is 3. The lowest BCUT2D eigenvalue weighted by atomic mass is 9.72. The van der Waals surface area contributed by atoms with Crippen LogP contribution in [0.5, 0.6) is 0 Å². The van der Waals surface area contributed by atoms with Crippen molar-refractivity contribution in [3.05, 3.63) is 65.0 Å². The number of aromatic nitrogens is 2. The van der Waals surface area contributed by atoms with E-state index in [1.807, 2.05) is 48.2 Å². The number of likely N-dealkylation sites (tertiary alicyclic amines) is 1. The van der Waals surface area contributed by atoms with Crippen LogP contribution in [0.3, 0.4) is 0 Å². The number of H-pyrrole nitrogens is 1. The summed E-state index contributed by atoms with van der Waals surface area (Å²) in [5.41, 5.74) is 10.5. The molecule has 5 rings (SSSR count). The fraction of sp³-hybridized carbons (Fsp3) is 0.364. The average Bonchev–Trinajstić information content (AvgIpc) is 3.19. The first-order chi connectivity index (χ1) is 13.5. The van der Waals surface area contributed by atoms with Gasteiger partial charge in [0.2, 0.25) is 0 Å². The molecule has 0 saturated carbocycles. The third kappa shape index (κ3) is 2.41. The van der Waals surface area contributed by atoms with Gasteiger partial charge in [-0.2, -0.15) is 0 Å². The molecule has 2 atom stereocenters. The summed E-state index contributed by atoms with van der Waals surface area (Å²) in [6.45, 7) is 3.12. The first kappa shape index (κ1) is 17.4. The molecular weight excluding hydrogens is 352 g/mol. The number of rotatable bonds is 1. The molecule has 0 unspecified atom stereocenters. The van der Waals surface area contributed by atoms with E-state index in [1.54, 1.807) is 0 Å². The number of imidazole rings is 1. The van der Waals surface area contributed by atoms with Crippen molar-refractivity contribution in [2.45, 2.75) is 37.3 Å². The van der Waals surface area contributed by atoms with E-state index in [1.165, 1.54) is 0 Å². The van der Waals surface area contributed by atoms with Crippen LogP contribution < -0.4 is 5.73 Å². The van der Waals surface area contributed by atoms with E-state index in [2.05, 4.69) is 16.0 Å². The van der Waals surface area contributed by atoms with Gasteiger partial charge in [-0.05, 0) is 49.1 Å². The van der Waals surface area contributed by atoms with E-state index in [-0.39, 0.29) is 17.4 Å². The molecule has 3 aromatic rings. The molecule has 1 fully saturated rings. The summed E-state index contributed by atoms with van der Waals surface area (Å²) in [5, 5.41) is 10.9. The first-order valence-electron chi connectivity index (χ1n) is 9.78. The summed E-state index contributed by atoms with van der Waals surface area (Å²) in [7, 11) is 0. The Morgan fingerprint density at radius 2 is 2.00 bits per heavy atom. The van der Waals surface area contributed by atoms with Crippen LogP contribution in [0.1, 0.15) is 46.2 Å². The van der Waals surface area contributed by atoms with Gasteiger partial charge in [0, 0.05) is 24.1 Å². The fourth-order valence-electron chi connectivity index (χ4n) is 5.04. The van der Waals surface area contributed by atoms with Crippen molar-refractivity contribution in [2.24, 2.45) is 5.73 Å². The lowest BCUT2D eigenvalue weighted by Crippen LogP contribution is -2.50. The highest BCUT2D eigenvalue weighted by Crippen LogP contribution is 2.50. The summed E-state index contributed by atoms with van der Waals surface area (Å²) in [6.07, 6.45) is 0.831. The zero-order chi connectivity index (χ0) is 19.5. The molecule has 1 aliphatic carbocycles. The van der Waals surface area contributed by atoms with Gasteiger partial charge < -0.3 is 20.7 Å². The quantitative estimate of drug-likeness (QED) is 0.608. The number of piperidine rings is 1. The molecule has 1 aromatic heterocycles. The number of benzene rings is 2. The van der Waals surface area contributed by atoms with Gasteiger partial charge in [0.15, 0.2) is 0 Å². The normalized spacial score (nSPS) is 23.3. The van der Waals surface area contributed by atoms with Crippen LogP contribution in [0.25, 0.3) is 11.0 Å². The van der Waals surface area contributed by atoms with Crippen LogP contribution in [0.4, 0.5) is 0 Å². The highest BCUT2D eigenvalue weighted by Gasteiger charge is 2.51. The van der Waals surface area contributed by atoms with Gasteiger partial charge in [-0.1, -0.05) is 24.3 Å². The van der Waals surface area contributed by atoms with E-state index >= 15 is 0 Å². The predicted molar refractivity (Wildman–Crippen MR) is 107 cm³/mol. The Morgan fingerprint density at radius 1 is 1.25 bits per heavy atom. The number of hydrogen-bond acceptors (Lipinski definition) is 4. The van der Waals surface area contributed by atoms with E-state index in [9.17, 15) is 9.90 Å². The Kier molecular flexibility index (Phi) is 3.82. The number of nitrogens with one attached hydrogen (secondary N) is 1. The van der Waals surface area contributed by atoms with Gasteiger partial charge in [-0.25, -0.2) is 4.98 Å². The van der Waals surface area contributed by atoms with Gasteiger partial charge in [0.1, 0.15) is 5.82 Å². The monoisotopic (exact) mass is 376 g/mol. The molecule has 6 nitrogen and oxygen atoms in total. The second-order valence-electron chi connectivity index (χ2n) is 8.06. The zero-order valence-corrected chi connectivity index (χ0v) is 15.9. The zero-order valence-electron chi connectivity index (χ0n) is 15.9. The van der Waals surface area contributed by atoms with Crippen molar-refractivity contribution in [1.82, 2.24) is 14.9 Å². The number of nitrogens with zero attached hydrogens (tertiary/aromatic N) is 2. The second kappa shape index (κ2) is 6.15. The van der Waals surface area contributed by atoms with E-state index in [4.69, 9.17) is 5.73 Å². The van der Waals surface area contributed by atoms with Gasteiger partial charge in [0.05, 0.1) is 23.2 Å². The van der Waals surface area contributed by atoms with Crippen LogP contribution in [0, 0.1) is 6.92 Å². The topological polar surface area (TPSA) is 95.2 Å². The third-order valence-electron chi connectivity index (χ3n) is 6.55. The Morgan fingerprint density at radius 3 is 2.79 bits per heavy atom. The van der Waals surface area contributed by atoms with Gasteiger partial charge >= 0.3 is 0 Å². The highest BCUT2D eigenvalue weighted by molar-refractivity contribution is 5.97. The van der Waals surface area contributed by atoms with Gasteiger partial charge in [-0.3, -0.25) is 4.79 Å². The molecule has 2 aromatic carbocycles. The molecular formula is C22H24N4O2. The average molecular weight is 376 g/mol. The molecule has 1 aliphatic heterocycles. The lowest BCUT2D eigenvalue weighted by Gasteiger charge is -2.42. The van der Waals surface area contributed by atoms with E-state index in [0.717, 1.165) is 40.8 Å². The van der Waals surface area contributed by atoms with Crippen molar-refractivity contribution < 1.29 is 9.90 Å². The molecule has 6 heteroatoms. The summed E-state index contributed by atoms with van der Waals surface area (Å²) < 4.78 is 0. The molecule has 1 saturated heterocycles. The number of aliphatic hydroxyl groups excluding tert-OH is 1. The van der Waals surface area contributed by atoms with E-state index in [0.29, 0.717) is 18.7 Å². The molecule has 0 bridgehead atoms. The van der Waals surface area contributed by atoms with Crippen LogP contribution in [-0.2, 0) is 5.41 Å². The summed E-state index contributed by atoms with van der Waals surface area (Å²) in [5.74, 6) is 0.860. The summed E-state index contributed by atoms with van der Waals surface area (Å²) >= 11 is 0. The standard InChI is InChI=1S/C22H24N4O2/c1-13-24-17-7-6-14(12-18(17)25-13)21(28)26-10-8-22(9-11-26)16-5-3-2-4-15(16)19(23)20(22)27/h2-7,12,19-20,27H,8-11,23H2,1H3,(H,24,25)/t19-,20+/m1/s1. The fourth-order valence-corrected chi connectivity index (χ4v) is 5.04. The van der Waals surface area contributed by atoms with Crippen molar-refractivity contribution >= 4 is 16.9 Å². The minimum atomic E-state index is -0.605. The Hall–Kier alpha value is -2.70. The molecule has 4 N–H and O–H groups in total. The Balaban J connectivity index is 1.39. The van der Waals surface area contributed by atoms with Gasteiger partial charge in [0.25, 0.3) is 5.91 Å². The number of carbonyl (C=O) groups is 1. The number of aryl methyl sites for hydroxylation is 1. The molecule has 1 spiro atoms.